The van der Waals surface area contributed by atoms with E-state index in [9.17, 15) is 0 Å². The molecule has 212 valence electrons. The normalized spacial score (nSPS) is 20.7. The molecule has 1 saturated heterocycles. The number of hydrogen-bond acceptors (Lipinski definition) is 2. The van der Waals surface area contributed by atoms with E-state index in [2.05, 4.69) is 128 Å². The van der Waals surface area contributed by atoms with Crippen LogP contribution in [0.5, 0.6) is 0 Å². The maximum atomic E-state index is 7.23. The zero-order valence-electron chi connectivity index (χ0n) is 25.4. The van der Waals surface area contributed by atoms with Gasteiger partial charge in [-0.3, -0.25) is 0 Å². The minimum atomic E-state index is -3.05. The molecule has 2 unspecified atom stereocenters. The van der Waals surface area contributed by atoms with Crippen molar-refractivity contribution in [1.82, 2.24) is 0 Å². The molecule has 0 spiro atoms. The summed E-state index contributed by atoms with van der Waals surface area (Å²) in [6, 6.07) is 18.3. The van der Waals surface area contributed by atoms with E-state index >= 15 is 0 Å². The summed E-state index contributed by atoms with van der Waals surface area (Å²) in [5.74, 6) is 2.59. The van der Waals surface area contributed by atoms with Crippen molar-refractivity contribution in [2.75, 3.05) is 0 Å². The standard InChI is InChI=1S/2C15H21OSi.C2H4.2ClH.Hf/c2*1-15(2,3)17(4,5)16-14-10-12-8-6-7-9-13(12)11-14;1-2;;;/h2*6-11H,1-5H3;1-2H2;2*1H;/q;;;;;+2/p-2. The summed E-state index contributed by atoms with van der Waals surface area (Å²) in [7, 11) is -3.93. The molecule has 0 N–H and O–H groups in total. The van der Waals surface area contributed by atoms with Crippen LogP contribution in [-0.2, 0) is 28.8 Å². The summed E-state index contributed by atoms with van der Waals surface area (Å²) >= 11 is -3.05. The molecule has 0 bridgehead atoms. The molecule has 2 atom stereocenters. The van der Waals surface area contributed by atoms with Gasteiger partial charge in [-0.05, 0) is 0 Å². The molecule has 2 aromatic rings. The molecular formula is C32H46Cl2HfO2Si2. The molecule has 7 heteroatoms. The first kappa shape index (κ1) is 32.9. The van der Waals surface area contributed by atoms with Gasteiger partial charge < -0.3 is 24.8 Å². The third-order valence-electron chi connectivity index (χ3n) is 10.1. The first-order chi connectivity index (χ1) is 17.1. The Balaban J connectivity index is 0.00000210. The van der Waals surface area contributed by atoms with Gasteiger partial charge in [0, 0.05) is 0 Å². The van der Waals surface area contributed by atoms with Crippen molar-refractivity contribution in [3.05, 3.63) is 82.3 Å². The minimum absolute atomic E-state index is 0. The molecule has 1 heterocycles. The van der Waals surface area contributed by atoms with Crippen LogP contribution in [0.1, 0.15) is 71.1 Å². The van der Waals surface area contributed by atoms with Crippen LogP contribution < -0.4 is 24.8 Å². The third kappa shape index (κ3) is 5.74. The first-order valence-corrected chi connectivity index (χ1v) is 29.1. The Morgan fingerprint density at radius 1 is 0.615 bits per heavy atom. The van der Waals surface area contributed by atoms with Crippen molar-refractivity contribution in [2.24, 2.45) is 0 Å². The molecule has 0 amide bonds. The fraction of sp³-hybridized carbons (Fsp3) is 0.500. The Morgan fingerprint density at radius 2 is 0.949 bits per heavy atom. The summed E-state index contributed by atoms with van der Waals surface area (Å²) in [5.41, 5.74) is 5.84. The van der Waals surface area contributed by atoms with Crippen molar-refractivity contribution < 1.29 is 53.6 Å². The molecule has 2 aliphatic carbocycles. The Morgan fingerprint density at radius 3 is 1.26 bits per heavy atom. The molecule has 39 heavy (non-hydrogen) atoms. The SMILES string of the molecule is CC(C)(C)[Si](C)(C)OC1=Cc2ccccc2[CH]1[Hf+2]1([CH]2C(O[Si](C)(C)C(C)(C)C)=Cc3ccccc32)[CH2][CH2]1.[Cl-].[Cl-]. The molecular weight excluding hydrogens is 722 g/mol. The quantitative estimate of drug-likeness (QED) is 0.411. The Labute approximate surface area is 256 Å². The van der Waals surface area contributed by atoms with E-state index < -0.39 is 36.6 Å². The van der Waals surface area contributed by atoms with Crippen LogP contribution in [0.2, 0.25) is 44.6 Å². The summed E-state index contributed by atoms with van der Waals surface area (Å²) < 4.78 is 18.3. The van der Waals surface area contributed by atoms with Gasteiger partial charge in [0.15, 0.2) is 0 Å². The number of hydrogen-bond donors (Lipinski definition) is 0. The van der Waals surface area contributed by atoms with E-state index in [0.717, 1.165) is 0 Å². The van der Waals surface area contributed by atoms with Gasteiger partial charge in [-0.25, -0.2) is 0 Å². The fourth-order valence-corrected chi connectivity index (χ4v) is 35.0. The number of rotatable bonds is 6. The van der Waals surface area contributed by atoms with Crippen LogP contribution in [0, 0.1) is 0 Å². The second-order valence-corrected chi connectivity index (χ2v) is 40.7. The van der Waals surface area contributed by atoms with Crippen molar-refractivity contribution in [2.45, 2.75) is 93.5 Å². The largest absolute Gasteiger partial charge is 1.00 e. The van der Waals surface area contributed by atoms with E-state index in [4.69, 9.17) is 8.85 Å². The number of allylic oxidation sites excluding steroid dienone is 2. The smallest absolute Gasteiger partial charge is 1.00 e. The van der Waals surface area contributed by atoms with Crippen LogP contribution in [0.3, 0.4) is 0 Å². The monoisotopic (exact) mass is 768 g/mol. The van der Waals surface area contributed by atoms with Gasteiger partial charge in [0.2, 0.25) is 0 Å². The Bertz CT molecular complexity index is 1190. The molecule has 5 rings (SSSR count). The summed E-state index contributed by atoms with van der Waals surface area (Å²) in [6.07, 6.45) is 4.83. The second-order valence-electron chi connectivity index (χ2n) is 14.7. The van der Waals surface area contributed by atoms with E-state index in [1.165, 1.54) is 42.1 Å². The number of benzene rings is 2. The van der Waals surface area contributed by atoms with Gasteiger partial charge in [0.05, 0.1) is 0 Å². The Kier molecular flexibility index (Phi) is 9.21. The second kappa shape index (κ2) is 10.9. The summed E-state index contributed by atoms with van der Waals surface area (Å²) in [5, 5.41) is 0.356. The molecule has 0 radical (unpaired) electrons. The molecule has 1 fully saturated rings. The fourth-order valence-electron chi connectivity index (χ4n) is 5.74. The first-order valence-electron chi connectivity index (χ1n) is 14.1. The van der Waals surface area contributed by atoms with Crippen molar-refractivity contribution in [3.8, 4) is 0 Å². The molecule has 2 nitrogen and oxygen atoms in total. The zero-order valence-corrected chi connectivity index (χ0v) is 32.5. The van der Waals surface area contributed by atoms with E-state index in [0.29, 0.717) is 7.35 Å². The van der Waals surface area contributed by atoms with Crippen LogP contribution in [0.4, 0.5) is 0 Å². The van der Waals surface area contributed by atoms with E-state index in [-0.39, 0.29) is 34.9 Å². The van der Waals surface area contributed by atoms with Gasteiger partial charge in [-0.2, -0.15) is 0 Å². The molecule has 1 aliphatic heterocycles. The van der Waals surface area contributed by atoms with Crippen molar-refractivity contribution >= 4 is 28.8 Å². The Hall–Kier alpha value is -0.596. The van der Waals surface area contributed by atoms with Crippen LogP contribution in [0.25, 0.3) is 12.2 Å². The maximum Gasteiger partial charge on any atom is -1.00 e. The third-order valence-corrected chi connectivity index (χ3v) is 37.3. The average Bonchev–Trinajstić information content (AvgIpc) is 3.33. The summed E-state index contributed by atoms with van der Waals surface area (Å²) in [6.45, 7) is 23.8. The van der Waals surface area contributed by atoms with Crippen molar-refractivity contribution in [3.63, 3.8) is 0 Å². The topological polar surface area (TPSA) is 18.5 Å². The average molecular weight is 768 g/mol. The van der Waals surface area contributed by atoms with Crippen LogP contribution in [-0.4, -0.2) is 16.6 Å². The maximum absolute atomic E-state index is 7.23. The predicted octanol–water partition coefficient (Wildman–Crippen LogP) is 4.23. The molecule has 2 aromatic carbocycles. The zero-order chi connectivity index (χ0) is 27.0. The number of fused-ring (bicyclic) bond motifs is 2. The molecule has 0 aromatic heterocycles. The van der Waals surface area contributed by atoms with Gasteiger partial charge in [-0.15, -0.1) is 0 Å². The van der Waals surface area contributed by atoms with Crippen molar-refractivity contribution in [1.29, 1.82) is 0 Å². The summed E-state index contributed by atoms with van der Waals surface area (Å²) in [4.78, 5) is 0. The van der Waals surface area contributed by atoms with Gasteiger partial charge in [0.1, 0.15) is 0 Å². The predicted molar refractivity (Wildman–Crippen MR) is 160 cm³/mol. The van der Waals surface area contributed by atoms with E-state index in [1.54, 1.807) is 0 Å². The minimum Gasteiger partial charge on any atom is -1.00 e. The van der Waals surface area contributed by atoms with Crippen LogP contribution >= 0.6 is 0 Å². The van der Waals surface area contributed by atoms with Crippen LogP contribution in [0.15, 0.2) is 60.0 Å². The number of halogens is 2. The molecule has 3 aliphatic rings. The van der Waals surface area contributed by atoms with E-state index in [1.807, 2.05) is 0 Å². The van der Waals surface area contributed by atoms with Gasteiger partial charge in [0.25, 0.3) is 0 Å². The molecule has 0 saturated carbocycles. The van der Waals surface area contributed by atoms with Gasteiger partial charge in [-0.1, -0.05) is 0 Å². The van der Waals surface area contributed by atoms with Gasteiger partial charge >= 0.3 is 233 Å².